The van der Waals surface area contributed by atoms with Crippen LogP contribution in [0.1, 0.15) is 61.8 Å². The highest BCUT2D eigenvalue weighted by molar-refractivity contribution is 5.66. The van der Waals surface area contributed by atoms with E-state index in [1.807, 2.05) is 0 Å². The topological polar surface area (TPSA) is 0 Å². The Kier molecular flexibility index (Phi) is 7.32. The third-order valence-corrected chi connectivity index (χ3v) is 6.07. The van der Waals surface area contributed by atoms with Crippen molar-refractivity contribution in [2.24, 2.45) is 0 Å². The molecule has 0 aliphatic heterocycles. The average Bonchev–Trinajstić information content (AvgIpc) is 2.87. The molecule has 0 bridgehead atoms. The van der Waals surface area contributed by atoms with E-state index in [2.05, 4.69) is 148 Å². The fraction of sp³-hybridized carbons (Fsp3) is 0.176. The summed E-state index contributed by atoms with van der Waals surface area (Å²) in [5.41, 5.74) is 9.51. The summed E-state index contributed by atoms with van der Waals surface area (Å²) in [5, 5.41) is 0. The van der Waals surface area contributed by atoms with Crippen LogP contribution in [0, 0.1) is 23.7 Å². The maximum atomic E-state index is 3.15. The van der Waals surface area contributed by atoms with Crippen LogP contribution >= 0.6 is 0 Å². The second-order valence-corrected chi connectivity index (χ2v) is 9.21. The third kappa shape index (κ3) is 5.86. The molecule has 0 unspecified atom stereocenters. The van der Waals surface area contributed by atoms with Crippen LogP contribution in [-0.4, -0.2) is 0 Å². The van der Waals surface area contributed by atoms with Crippen LogP contribution in [0.2, 0.25) is 0 Å². The lowest BCUT2D eigenvalue weighted by Crippen LogP contribution is -1.86. The molecule has 0 aliphatic rings. The van der Waals surface area contributed by atoms with Gasteiger partial charge in [0.1, 0.15) is 0 Å². The van der Waals surface area contributed by atoms with E-state index in [-0.39, 0.29) is 0 Å². The van der Waals surface area contributed by atoms with Gasteiger partial charge in [-0.05, 0) is 81.3 Å². The monoisotopic (exact) mass is 438 g/mol. The third-order valence-electron chi connectivity index (χ3n) is 6.07. The normalized spacial score (nSPS) is 10.4. The summed E-state index contributed by atoms with van der Waals surface area (Å²) in [6, 6.07) is 34.3. The number of hydrogen-bond acceptors (Lipinski definition) is 0. The first-order chi connectivity index (χ1) is 16.5. The summed E-state index contributed by atoms with van der Waals surface area (Å²) in [6.45, 7) is 8.86. The lowest BCUT2D eigenvalue weighted by Gasteiger charge is -2.07. The van der Waals surface area contributed by atoms with Crippen molar-refractivity contribution in [3.05, 3.63) is 119 Å². The van der Waals surface area contributed by atoms with Crippen molar-refractivity contribution in [3.8, 4) is 45.9 Å². The molecule has 0 radical (unpaired) electrons. The van der Waals surface area contributed by atoms with Crippen LogP contribution < -0.4 is 0 Å². The van der Waals surface area contributed by atoms with Gasteiger partial charge in [0.25, 0.3) is 0 Å². The molecule has 0 spiro atoms. The molecular formula is C34H30. The Labute approximate surface area is 204 Å². The molecule has 4 rings (SSSR count). The van der Waals surface area contributed by atoms with Gasteiger partial charge in [-0.25, -0.2) is 0 Å². The average molecular weight is 439 g/mol. The van der Waals surface area contributed by atoms with Crippen LogP contribution in [0.4, 0.5) is 0 Å². The summed E-state index contributed by atoms with van der Waals surface area (Å²) in [6.07, 6.45) is 0. The zero-order valence-electron chi connectivity index (χ0n) is 20.4. The van der Waals surface area contributed by atoms with Crippen molar-refractivity contribution < 1.29 is 0 Å². The van der Waals surface area contributed by atoms with E-state index in [9.17, 15) is 0 Å². The molecule has 4 aromatic carbocycles. The van der Waals surface area contributed by atoms with Crippen LogP contribution in [0.5, 0.6) is 0 Å². The van der Waals surface area contributed by atoms with E-state index < -0.39 is 0 Å². The molecule has 0 aliphatic carbocycles. The van der Waals surface area contributed by atoms with Gasteiger partial charge < -0.3 is 0 Å². The molecule has 0 heteroatoms. The van der Waals surface area contributed by atoms with Gasteiger partial charge in [-0.2, -0.15) is 0 Å². The molecule has 166 valence electrons. The molecule has 0 saturated carbocycles. The molecule has 0 saturated heterocycles. The molecule has 0 heterocycles. The Bertz CT molecular complexity index is 1230. The predicted octanol–water partition coefficient (Wildman–Crippen LogP) is 8.67. The van der Waals surface area contributed by atoms with Crippen molar-refractivity contribution in [2.75, 3.05) is 0 Å². The van der Waals surface area contributed by atoms with Crippen LogP contribution in [0.3, 0.4) is 0 Å². The van der Waals surface area contributed by atoms with Gasteiger partial charge in [0.05, 0.1) is 0 Å². The van der Waals surface area contributed by atoms with Gasteiger partial charge >= 0.3 is 0 Å². The van der Waals surface area contributed by atoms with Crippen LogP contribution in [0.15, 0.2) is 97.1 Å². The minimum Gasteiger partial charge on any atom is -0.0587 e. The maximum absolute atomic E-state index is 3.15. The van der Waals surface area contributed by atoms with Gasteiger partial charge in [-0.3, -0.25) is 0 Å². The Morgan fingerprint density at radius 1 is 0.382 bits per heavy atom. The molecule has 34 heavy (non-hydrogen) atoms. The smallest absolute Gasteiger partial charge is 0.0255 e. The lowest BCUT2D eigenvalue weighted by atomic mass is 9.98. The van der Waals surface area contributed by atoms with Gasteiger partial charge in [-0.1, -0.05) is 112 Å². The molecule has 0 atom stereocenters. The van der Waals surface area contributed by atoms with Crippen molar-refractivity contribution >= 4 is 0 Å². The molecule has 4 aromatic rings. The molecule has 0 aromatic heterocycles. The lowest BCUT2D eigenvalue weighted by molar-refractivity contribution is 0.867. The van der Waals surface area contributed by atoms with E-state index in [0.29, 0.717) is 11.8 Å². The largest absolute Gasteiger partial charge is 0.0587 e. The summed E-state index contributed by atoms with van der Waals surface area (Å²) in [5.74, 6) is 13.4. The minimum absolute atomic E-state index is 0.549. The highest BCUT2D eigenvalue weighted by atomic mass is 14.1. The Hall–Kier alpha value is -4.00. The Morgan fingerprint density at radius 3 is 0.912 bits per heavy atom. The van der Waals surface area contributed by atoms with E-state index >= 15 is 0 Å². The summed E-state index contributed by atoms with van der Waals surface area (Å²) in [4.78, 5) is 0. The fourth-order valence-corrected chi connectivity index (χ4v) is 3.82. The van der Waals surface area contributed by atoms with Crippen molar-refractivity contribution in [1.82, 2.24) is 0 Å². The SMILES string of the molecule is CC(C)c1ccc(-c2ccc(C#CC#Cc3ccc(-c4ccc(C(C)C)cc4)cc3)cc2)cc1. The number of benzene rings is 4. The van der Waals surface area contributed by atoms with Crippen molar-refractivity contribution in [3.63, 3.8) is 0 Å². The number of hydrogen-bond donors (Lipinski definition) is 0. The zero-order chi connectivity index (χ0) is 23.9. The van der Waals surface area contributed by atoms with Crippen molar-refractivity contribution in [2.45, 2.75) is 39.5 Å². The first-order valence-corrected chi connectivity index (χ1v) is 11.9. The van der Waals surface area contributed by atoms with Crippen LogP contribution in [-0.2, 0) is 0 Å². The molecule has 0 N–H and O–H groups in total. The molecule has 0 amide bonds. The minimum atomic E-state index is 0.549. The Balaban J connectivity index is 1.39. The predicted molar refractivity (Wildman–Crippen MR) is 146 cm³/mol. The summed E-state index contributed by atoms with van der Waals surface area (Å²) >= 11 is 0. The standard InChI is InChI=1S/C34H30/c1-25(2)29-17-21-33(22-18-29)31-13-9-27(10-14-31)7-5-6-8-28-11-15-32(16-12-28)34-23-19-30(20-24-34)26(3)4/h9-26H,1-4H3. The van der Waals surface area contributed by atoms with E-state index in [4.69, 9.17) is 0 Å². The van der Waals surface area contributed by atoms with Crippen LogP contribution in [0.25, 0.3) is 22.3 Å². The maximum Gasteiger partial charge on any atom is 0.0255 e. The van der Waals surface area contributed by atoms with Crippen molar-refractivity contribution in [1.29, 1.82) is 0 Å². The Morgan fingerprint density at radius 2 is 0.647 bits per heavy atom. The number of rotatable bonds is 4. The first kappa shape index (κ1) is 23.2. The molecule has 0 nitrogen and oxygen atoms in total. The summed E-state index contributed by atoms with van der Waals surface area (Å²) in [7, 11) is 0. The highest BCUT2D eigenvalue weighted by Gasteiger charge is 2.02. The zero-order valence-corrected chi connectivity index (χ0v) is 20.4. The van der Waals surface area contributed by atoms with E-state index in [1.54, 1.807) is 0 Å². The molecular weight excluding hydrogens is 408 g/mol. The van der Waals surface area contributed by atoms with Gasteiger partial charge in [0, 0.05) is 11.1 Å². The van der Waals surface area contributed by atoms with Gasteiger partial charge in [0.2, 0.25) is 0 Å². The highest BCUT2D eigenvalue weighted by Crippen LogP contribution is 2.24. The van der Waals surface area contributed by atoms with E-state index in [0.717, 1.165) is 11.1 Å². The summed E-state index contributed by atoms with van der Waals surface area (Å²) < 4.78 is 0. The van der Waals surface area contributed by atoms with Gasteiger partial charge in [0.15, 0.2) is 0 Å². The van der Waals surface area contributed by atoms with E-state index in [1.165, 1.54) is 33.4 Å². The molecule has 0 fully saturated rings. The second-order valence-electron chi connectivity index (χ2n) is 9.21. The quantitative estimate of drug-likeness (QED) is 0.280. The first-order valence-electron chi connectivity index (χ1n) is 11.9. The second kappa shape index (κ2) is 10.7. The fourth-order valence-electron chi connectivity index (χ4n) is 3.82. The van der Waals surface area contributed by atoms with Gasteiger partial charge in [-0.15, -0.1) is 0 Å².